The van der Waals surface area contributed by atoms with Crippen molar-refractivity contribution < 1.29 is 29.3 Å². The molecular formula is C14H22O6. The molecular weight excluding hydrogens is 264 g/mol. The fourth-order valence-electron chi connectivity index (χ4n) is 0.325. The predicted octanol–water partition coefficient (Wildman–Crippen LogP) is 2.42. The summed E-state index contributed by atoms with van der Waals surface area (Å²) in [6.07, 6.45) is 0.523. The van der Waals surface area contributed by atoms with Crippen molar-refractivity contribution in [1.29, 1.82) is 0 Å². The van der Waals surface area contributed by atoms with Crippen LogP contribution in [0.15, 0.2) is 36.5 Å². The molecule has 0 saturated heterocycles. The molecule has 0 aliphatic carbocycles. The van der Waals surface area contributed by atoms with E-state index in [-0.39, 0.29) is 17.1 Å². The molecule has 0 aliphatic heterocycles. The molecule has 114 valence electrons. The van der Waals surface area contributed by atoms with Crippen LogP contribution in [-0.4, -0.2) is 35.2 Å². The molecule has 0 fully saturated rings. The minimum atomic E-state index is -0.935. The maximum Gasteiger partial charge on any atom is 0.332 e. The first kappa shape index (κ1) is 22.8. The second-order valence-electron chi connectivity index (χ2n) is 3.62. The van der Waals surface area contributed by atoms with E-state index in [4.69, 9.17) is 10.2 Å². The Bertz CT molecular complexity index is 354. The zero-order valence-electron chi connectivity index (χ0n) is 12.4. The van der Waals surface area contributed by atoms with Crippen LogP contribution in [0.1, 0.15) is 27.2 Å². The molecule has 0 aliphatic rings. The molecule has 0 amide bonds. The normalized spacial score (nSPS) is 7.80. The first-order chi connectivity index (χ1) is 9.00. The van der Waals surface area contributed by atoms with Crippen molar-refractivity contribution in [1.82, 2.24) is 0 Å². The lowest BCUT2D eigenvalue weighted by molar-refractivity contribution is -0.136. The highest BCUT2D eigenvalue weighted by Crippen LogP contribution is 1.93. The Labute approximate surface area is 119 Å². The lowest BCUT2D eigenvalue weighted by atomic mass is 10.2. The molecule has 0 heterocycles. The molecule has 0 bridgehead atoms. The third-order valence-corrected chi connectivity index (χ3v) is 1.63. The maximum absolute atomic E-state index is 10.2. The van der Waals surface area contributed by atoms with E-state index in [0.717, 1.165) is 0 Å². The lowest BCUT2D eigenvalue weighted by Crippen LogP contribution is -1.98. The largest absolute Gasteiger partial charge is 0.478 e. The van der Waals surface area contributed by atoms with Gasteiger partial charge in [0.05, 0.1) is 7.11 Å². The van der Waals surface area contributed by atoms with Gasteiger partial charge in [0, 0.05) is 16.7 Å². The zero-order chi connectivity index (χ0) is 16.9. The van der Waals surface area contributed by atoms with Gasteiger partial charge in [0.15, 0.2) is 0 Å². The summed E-state index contributed by atoms with van der Waals surface area (Å²) in [5.41, 5.74) is 0.873. The number of methoxy groups -OCH3 is 1. The van der Waals surface area contributed by atoms with Crippen molar-refractivity contribution in [2.75, 3.05) is 7.11 Å². The van der Waals surface area contributed by atoms with Gasteiger partial charge in [-0.1, -0.05) is 26.7 Å². The Morgan fingerprint density at radius 1 is 0.950 bits per heavy atom. The number of carbonyl (C=O) groups excluding carboxylic acids is 1. The number of hydrogen-bond acceptors (Lipinski definition) is 4. The van der Waals surface area contributed by atoms with Crippen molar-refractivity contribution in [2.24, 2.45) is 0 Å². The summed E-state index contributed by atoms with van der Waals surface area (Å²) in [5, 5.41) is 16.0. The molecule has 6 heteroatoms. The van der Waals surface area contributed by atoms with E-state index >= 15 is 0 Å². The summed E-state index contributed by atoms with van der Waals surface area (Å²) in [5.74, 6) is -2.18. The zero-order valence-corrected chi connectivity index (χ0v) is 12.4. The summed E-state index contributed by atoms with van der Waals surface area (Å²) in [6, 6.07) is 0. The van der Waals surface area contributed by atoms with Crippen molar-refractivity contribution in [3.8, 4) is 0 Å². The van der Waals surface area contributed by atoms with Gasteiger partial charge in [-0.05, 0) is 20.3 Å². The Kier molecular flexibility index (Phi) is 14.9. The second-order valence-corrected chi connectivity index (χ2v) is 3.62. The number of rotatable bonds is 4. The number of carboxylic acid groups (broad SMARTS) is 2. The number of carbonyl (C=O) groups is 3. The van der Waals surface area contributed by atoms with Crippen molar-refractivity contribution in [3.05, 3.63) is 36.5 Å². The minimum absolute atomic E-state index is 0.176. The quantitative estimate of drug-likeness (QED) is 0.608. The van der Waals surface area contributed by atoms with Crippen LogP contribution in [0.3, 0.4) is 0 Å². The van der Waals surface area contributed by atoms with E-state index in [1.54, 1.807) is 13.8 Å². The third-order valence-electron chi connectivity index (χ3n) is 1.63. The number of aliphatic carboxylic acids is 2. The molecule has 0 aromatic rings. The van der Waals surface area contributed by atoms with E-state index in [1.807, 2.05) is 0 Å². The van der Waals surface area contributed by atoms with Crippen LogP contribution in [0.2, 0.25) is 0 Å². The second kappa shape index (κ2) is 13.1. The summed E-state index contributed by atoms with van der Waals surface area (Å²) in [4.78, 5) is 29.6. The number of ether oxygens (including phenoxy) is 1. The fourth-order valence-corrected chi connectivity index (χ4v) is 0.325. The van der Waals surface area contributed by atoms with Crippen molar-refractivity contribution in [2.45, 2.75) is 27.2 Å². The van der Waals surface area contributed by atoms with E-state index < -0.39 is 11.9 Å². The van der Waals surface area contributed by atoms with Gasteiger partial charge in [-0.2, -0.15) is 0 Å². The Morgan fingerprint density at radius 2 is 1.30 bits per heavy atom. The van der Waals surface area contributed by atoms with Crippen LogP contribution < -0.4 is 0 Å². The summed E-state index contributed by atoms with van der Waals surface area (Å²) < 4.78 is 4.27. The lowest BCUT2D eigenvalue weighted by Gasteiger charge is -1.91. The first-order valence-electron chi connectivity index (χ1n) is 5.54. The average Bonchev–Trinajstić information content (AvgIpc) is 2.37. The van der Waals surface area contributed by atoms with Gasteiger partial charge in [-0.25, -0.2) is 14.4 Å². The molecule has 20 heavy (non-hydrogen) atoms. The minimum Gasteiger partial charge on any atom is -0.478 e. The predicted molar refractivity (Wildman–Crippen MR) is 76.3 cm³/mol. The SMILES string of the molecule is C=C(C)C(=O)O.C=C(C)C(=O)OC.C=C(CC)C(=O)O. The van der Waals surface area contributed by atoms with Crippen LogP contribution in [-0.2, 0) is 19.1 Å². The molecule has 0 saturated carbocycles. The molecule has 0 atom stereocenters. The van der Waals surface area contributed by atoms with Crippen LogP contribution in [0.25, 0.3) is 0 Å². The van der Waals surface area contributed by atoms with Crippen molar-refractivity contribution in [3.63, 3.8) is 0 Å². The van der Waals surface area contributed by atoms with Crippen LogP contribution in [0.5, 0.6) is 0 Å². The molecule has 0 spiro atoms. The van der Waals surface area contributed by atoms with E-state index in [1.165, 1.54) is 14.0 Å². The van der Waals surface area contributed by atoms with Crippen molar-refractivity contribution >= 4 is 17.9 Å². The molecule has 0 aromatic heterocycles. The number of esters is 1. The van der Waals surface area contributed by atoms with Crippen LogP contribution >= 0.6 is 0 Å². The number of hydrogen-bond donors (Lipinski definition) is 2. The molecule has 6 nitrogen and oxygen atoms in total. The Morgan fingerprint density at radius 3 is 1.30 bits per heavy atom. The average molecular weight is 286 g/mol. The molecule has 0 aromatic carbocycles. The van der Waals surface area contributed by atoms with Gasteiger partial charge in [0.25, 0.3) is 0 Å². The van der Waals surface area contributed by atoms with Gasteiger partial charge in [-0.15, -0.1) is 0 Å². The Hall–Kier alpha value is -2.37. The van der Waals surface area contributed by atoms with Crippen LogP contribution in [0, 0.1) is 0 Å². The molecule has 0 unspecified atom stereocenters. The highest BCUT2D eigenvalue weighted by atomic mass is 16.5. The summed E-state index contributed by atoms with van der Waals surface area (Å²) in [7, 11) is 1.33. The molecule has 0 rings (SSSR count). The third kappa shape index (κ3) is 18.0. The Balaban J connectivity index is -0.000000218. The van der Waals surface area contributed by atoms with Gasteiger partial charge >= 0.3 is 17.9 Å². The molecule has 0 radical (unpaired) electrons. The highest BCUT2D eigenvalue weighted by molar-refractivity contribution is 5.86. The topological polar surface area (TPSA) is 101 Å². The van der Waals surface area contributed by atoms with E-state index in [2.05, 4.69) is 24.5 Å². The van der Waals surface area contributed by atoms with E-state index in [0.29, 0.717) is 12.0 Å². The van der Waals surface area contributed by atoms with Gasteiger partial charge in [0.1, 0.15) is 0 Å². The van der Waals surface area contributed by atoms with Gasteiger partial charge in [-0.3, -0.25) is 0 Å². The first-order valence-corrected chi connectivity index (χ1v) is 5.54. The smallest absolute Gasteiger partial charge is 0.332 e. The van der Waals surface area contributed by atoms with Gasteiger partial charge in [0.2, 0.25) is 0 Å². The monoisotopic (exact) mass is 286 g/mol. The fraction of sp³-hybridized carbons (Fsp3) is 0.357. The summed E-state index contributed by atoms with van der Waals surface area (Å²) >= 11 is 0. The van der Waals surface area contributed by atoms with Gasteiger partial charge < -0.3 is 14.9 Å². The standard InChI is InChI=1S/2C5H8O2.C4H6O2/c1-4(2)5(6)7-3;1-3-4(2)5(6)7;1-3(2)4(5)6/h1H2,2-3H3;2-3H2,1H3,(H,6,7);1H2,2H3,(H,5,6). The highest BCUT2D eigenvalue weighted by Gasteiger charge is 1.96. The number of carboxylic acids is 2. The molecule has 2 N–H and O–H groups in total. The van der Waals surface area contributed by atoms with Crippen LogP contribution in [0.4, 0.5) is 0 Å². The van der Waals surface area contributed by atoms with E-state index in [9.17, 15) is 14.4 Å². The summed E-state index contributed by atoms with van der Waals surface area (Å²) in [6.45, 7) is 14.6. The maximum atomic E-state index is 10.2.